The van der Waals surface area contributed by atoms with Crippen molar-refractivity contribution in [2.75, 3.05) is 5.32 Å². The molecule has 2 heterocycles. The number of rotatable bonds is 5. The zero-order valence-electron chi connectivity index (χ0n) is 15.4. The molecule has 0 bridgehead atoms. The highest BCUT2D eigenvalue weighted by atomic mass is 19.3. The summed E-state index contributed by atoms with van der Waals surface area (Å²) in [6.45, 7) is -3.01. The Labute approximate surface area is 169 Å². The fourth-order valence-electron chi connectivity index (χ4n) is 3.13. The Bertz CT molecular complexity index is 1270. The van der Waals surface area contributed by atoms with Crippen LogP contribution in [0.2, 0.25) is 0 Å². The van der Waals surface area contributed by atoms with Gasteiger partial charge in [-0.15, -0.1) is 0 Å². The Balaban J connectivity index is 1.83. The zero-order valence-corrected chi connectivity index (χ0v) is 15.4. The Hall–Kier alpha value is -4.07. The third-order valence-electron chi connectivity index (χ3n) is 4.42. The topological polar surface area (TPSA) is 84.1 Å². The first-order valence-electron chi connectivity index (χ1n) is 8.94. The van der Waals surface area contributed by atoms with Crippen molar-refractivity contribution >= 4 is 22.5 Å². The highest BCUT2D eigenvalue weighted by Crippen LogP contribution is 2.30. The predicted octanol–water partition coefficient (Wildman–Crippen LogP) is 4.44. The molecule has 0 fully saturated rings. The van der Waals surface area contributed by atoms with Gasteiger partial charge >= 0.3 is 6.61 Å². The van der Waals surface area contributed by atoms with Crippen LogP contribution in [0.4, 0.5) is 14.5 Å². The second kappa shape index (κ2) is 8.12. The highest BCUT2D eigenvalue weighted by Gasteiger charge is 2.16. The molecular weight excluding hydrogens is 392 g/mol. The van der Waals surface area contributed by atoms with E-state index in [4.69, 9.17) is 0 Å². The van der Waals surface area contributed by atoms with E-state index in [1.54, 1.807) is 54.7 Å². The normalized spacial score (nSPS) is 10.9. The Morgan fingerprint density at radius 2 is 1.90 bits per heavy atom. The quantitative estimate of drug-likeness (QED) is 0.512. The lowest BCUT2D eigenvalue weighted by Crippen LogP contribution is -2.15. The van der Waals surface area contributed by atoms with Gasteiger partial charge in [-0.05, 0) is 36.4 Å². The average Bonchev–Trinajstić information content (AvgIpc) is 2.74. The molecule has 4 rings (SSSR count). The molecular formula is C22H15F2N3O3. The molecule has 1 amide bonds. The van der Waals surface area contributed by atoms with Crippen molar-refractivity contribution in [2.24, 2.45) is 0 Å². The minimum atomic E-state index is -3.01. The number of fused-ring (bicyclic) bond motifs is 1. The summed E-state index contributed by atoms with van der Waals surface area (Å²) in [5.41, 5.74) is 1.18. The van der Waals surface area contributed by atoms with Gasteiger partial charge in [0.2, 0.25) is 0 Å². The van der Waals surface area contributed by atoms with Crippen LogP contribution in [-0.4, -0.2) is 22.5 Å². The summed E-state index contributed by atoms with van der Waals surface area (Å²) in [6, 6.07) is 15.5. The standard InChI is InChI=1S/C22H15F2N3O3/c23-22(24)30-19-9-2-1-6-14(19)17-11-18(28)15-7-3-8-16(20(15)27-17)21(29)26-13-5-4-10-25-12-13/h1-12,22H,(H,26,29)(H,27,28). The van der Waals surface area contributed by atoms with Crippen LogP contribution < -0.4 is 15.5 Å². The number of anilines is 1. The number of halogens is 2. The van der Waals surface area contributed by atoms with Gasteiger partial charge in [-0.25, -0.2) is 0 Å². The van der Waals surface area contributed by atoms with Gasteiger partial charge in [-0.3, -0.25) is 14.6 Å². The summed E-state index contributed by atoms with van der Waals surface area (Å²) < 4.78 is 30.1. The van der Waals surface area contributed by atoms with Crippen molar-refractivity contribution in [3.63, 3.8) is 0 Å². The van der Waals surface area contributed by atoms with Gasteiger partial charge in [-0.1, -0.05) is 18.2 Å². The number of pyridine rings is 2. The van der Waals surface area contributed by atoms with E-state index in [2.05, 4.69) is 20.0 Å². The number of H-pyrrole nitrogens is 1. The largest absolute Gasteiger partial charge is 0.434 e. The summed E-state index contributed by atoms with van der Waals surface area (Å²) >= 11 is 0. The molecule has 8 heteroatoms. The summed E-state index contributed by atoms with van der Waals surface area (Å²) in [5, 5.41) is 3.02. The number of hydrogen-bond donors (Lipinski definition) is 2. The lowest BCUT2D eigenvalue weighted by Gasteiger charge is -2.13. The van der Waals surface area contributed by atoms with Crippen molar-refractivity contribution in [1.29, 1.82) is 0 Å². The van der Waals surface area contributed by atoms with E-state index in [1.165, 1.54) is 18.3 Å². The number of alkyl halides is 2. The molecule has 2 aromatic carbocycles. The van der Waals surface area contributed by atoms with Crippen molar-refractivity contribution in [1.82, 2.24) is 9.97 Å². The molecule has 2 aromatic heterocycles. The number of aromatic nitrogens is 2. The number of amides is 1. The maximum absolute atomic E-state index is 12.8. The lowest BCUT2D eigenvalue weighted by molar-refractivity contribution is -0.0494. The molecule has 30 heavy (non-hydrogen) atoms. The van der Waals surface area contributed by atoms with Crippen LogP contribution in [-0.2, 0) is 0 Å². The smallest absolute Gasteiger partial charge is 0.387 e. The van der Waals surface area contributed by atoms with Crippen LogP contribution >= 0.6 is 0 Å². The molecule has 0 radical (unpaired) electrons. The number of carbonyl (C=O) groups is 1. The molecule has 0 unspecified atom stereocenters. The third-order valence-corrected chi connectivity index (χ3v) is 4.42. The molecule has 6 nitrogen and oxygen atoms in total. The fraction of sp³-hybridized carbons (Fsp3) is 0.0455. The van der Waals surface area contributed by atoms with Gasteiger partial charge < -0.3 is 15.0 Å². The Morgan fingerprint density at radius 3 is 2.67 bits per heavy atom. The van der Waals surface area contributed by atoms with Crippen LogP contribution in [0.3, 0.4) is 0 Å². The molecule has 0 aliphatic carbocycles. The van der Waals surface area contributed by atoms with E-state index in [-0.39, 0.29) is 33.5 Å². The predicted molar refractivity (Wildman–Crippen MR) is 109 cm³/mol. The number of nitrogens with one attached hydrogen (secondary N) is 2. The van der Waals surface area contributed by atoms with Crippen molar-refractivity contribution in [2.45, 2.75) is 6.61 Å². The van der Waals surface area contributed by atoms with Gasteiger partial charge in [0.1, 0.15) is 5.75 Å². The Morgan fingerprint density at radius 1 is 1.07 bits per heavy atom. The molecule has 2 N–H and O–H groups in total. The number of para-hydroxylation sites is 2. The van der Waals surface area contributed by atoms with Crippen molar-refractivity contribution in [3.8, 4) is 17.0 Å². The molecule has 0 saturated heterocycles. The van der Waals surface area contributed by atoms with E-state index >= 15 is 0 Å². The van der Waals surface area contributed by atoms with Gasteiger partial charge in [-0.2, -0.15) is 8.78 Å². The van der Waals surface area contributed by atoms with Crippen LogP contribution in [0.5, 0.6) is 5.75 Å². The first-order valence-corrected chi connectivity index (χ1v) is 8.94. The summed E-state index contributed by atoms with van der Waals surface area (Å²) in [5.74, 6) is -0.529. The summed E-state index contributed by atoms with van der Waals surface area (Å²) in [7, 11) is 0. The maximum atomic E-state index is 12.8. The second-order valence-electron chi connectivity index (χ2n) is 6.35. The molecule has 0 saturated carbocycles. The molecule has 0 atom stereocenters. The SMILES string of the molecule is O=C(Nc1cccnc1)c1cccc2c(=O)cc(-c3ccccc3OC(F)F)[nH]c12. The van der Waals surface area contributed by atoms with Gasteiger partial charge in [0.05, 0.1) is 28.7 Å². The Kier molecular flexibility index (Phi) is 5.21. The number of carbonyl (C=O) groups excluding carboxylic acids is 1. The van der Waals surface area contributed by atoms with E-state index in [1.807, 2.05) is 0 Å². The van der Waals surface area contributed by atoms with Gasteiger partial charge in [0, 0.05) is 23.2 Å². The first-order chi connectivity index (χ1) is 14.5. The average molecular weight is 407 g/mol. The molecule has 0 spiro atoms. The second-order valence-corrected chi connectivity index (χ2v) is 6.35. The van der Waals surface area contributed by atoms with E-state index in [0.717, 1.165) is 0 Å². The molecule has 0 aliphatic heterocycles. The number of benzene rings is 2. The monoisotopic (exact) mass is 407 g/mol. The van der Waals surface area contributed by atoms with E-state index < -0.39 is 12.5 Å². The number of nitrogens with zero attached hydrogens (tertiary/aromatic N) is 1. The molecule has 4 aromatic rings. The zero-order chi connectivity index (χ0) is 21.1. The van der Waals surface area contributed by atoms with Gasteiger partial charge in [0.25, 0.3) is 5.91 Å². The van der Waals surface area contributed by atoms with Crippen LogP contribution in [0, 0.1) is 0 Å². The fourth-order valence-corrected chi connectivity index (χ4v) is 3.13. The minimum absolute atomic E-state index is 0.0835. The van der Waals surface area contributed by atoms with Crippen LogP contribution in [0.1, 0.15) is 10.4 Å². The molecule has 150 valence electrons. The summed E-state index contributed by atoms with van der Waals surface area (Å²) in [4.78, 5) is 32.5. The van der Waals surface area contributed by atoms with Crippen LogP contribution in [0.15, 0.2) is 77.9 Å². The van der Waals surface area contributed by atoms with E-state index in [0.29, 0.717) is 11.1 Å². The van der Waals surface area contributed by atoms with Gasteiger partial charge in [0.15, 0.2) is 5.43 Å². The number of aromatic amines is 1. The lowest BCUT2D eigenvalue weighted by atomic mass is 10.0. The van der Waals surface area contributed by atoms with Crippen LogP contribution in [0.25, 0.3) is 22.2 Å². The highest BCUT2D eigenvalue weighted by molar-refractivity contribution is 6.12. The van der Waals surface area contributed by atoms with Crippen molar-refractivity contribution in [3.05, 3.63) is 88.8 Å². The minimum Gasteiger partial charge on any atom is -0.434 e. The first kappa shape index (κ1) is 19.3. The number of hydrogen-bond acceptors (Lipinski definition) is 4. The molecule has 0 aliphatic rings. The van der Waals surface area contributed by atoms with Crippen molar-refractivity contribution < 1.29 is 18.3 Å². The number of ether oxygens (including phenoxy) is 1. The maximum Gasteiger partial charge on any atom is 0.387 e. The third kappa shape index (κ3) is 3.88. The van der Waals surface area contributed by atoms with E-state index in [9.17, 15) is 18.4 Å². The summed E-state index contributed by atoms with van der Waals surface area (Å²) in [6.07, 6.45) is 3.07.